The first-order valence-corrected chi connectivity index (χ1v) is 19.2. The minimum absolute atomic E-state index is 0. The first-order chi connectivity index (χ1) is 24.5. The highest BCUT2D eigenvalue weighted by molar-refractivity contribution is 5.77. The molecule has 2 N–H and O–H groups in total. The fraction of sp³-hybridized carbons (Fsp3) is 0.455. The highest BCUT2D eigenvalue weighted by Crippen LogP contribution is 2.69. The van der Waals surface area contributed by atoms with Gasteiger partial charge in [0.05, 0.1) is 62.3 Å². The topological polar surface area (TPSA) is 46.9 Å². The van der Waals surface area contributed by atoms with Crippen molar-refractivity contribution in [3.63, 3.8) is 0 Å². The van der Waals surface area contributed by atoms with Crippen molar-refractivity contribution in [2.75, 3.05) is 62.3 Å². The lowest BCUT2D eigenvalue weighted by Crippen LogP contribution is -3.00. The Hall–Kier alpha value is -3.10. The molecule has 8 heteroatoms. The third kappa shape index (κ3) is 3.82. The smallest absolute Gasteiger partial charge is 0.103 e. The number of fused-ring (bicyclic) bond motifs is 8. The Bertz CT molecular complexity index is 1860. The summed E-state index contributed by atoms with van der Waals surface area (Å²) in [4.78, 5) is 5.54. The van der Waals surface area contributed by atoms with Crippen LogP contribution in [0.4, 0.5) is 11.4 Å². The number of halogens is 2. The lowest BCUT2D eigenvalue weighted by molar-refractivity contribution is -0.937. The molecule has 272 valence electrons. The maximum atomic E-state index is 10.5. The molecule has 2 unspecified atom stereocenters. The number of nitrogens with zero attached hydrogens (tertiary/aromatic N) is 4. The number of aliphatic hydroxyl groups is 2. The predicted octanol–water partition coefficient (Wildman–Crippen LogP) is -0.516. The van der Waals surface area contributed by atoms with Gasteiger partial charge in [-0.2, -0.15) is 0 Å². The molecule has 0 aromatic heterocycles. The monoisotopic (exact) mass is 736 g/mol. The van der Waals surface area contributed by atoms with Crippen LogP contribution in [-0.4, -0.2) is 95.8 Å². The molecule has 2 aliphatic carbocycles. The average molecular weight is 738 g/mol. The van der Waals surface area contributed by atoms with Gasteiger partial charge in [0.2, 0.25) is 0 Å². The van der Waals surface area contributed by atoms with Crippen LogP contribution < -0.4 is 34.6 Å². The van der Waals surface area contributed by atoms with Gasteiger partial charge in [0.15, 0.2) is 0 Å². The van der Waals surface area contributed by atoms with E-state index in [1.807, 2.05) is 0 Å². The van der Waals surface area contributed by atoms with Gasteiger partial charge in [-0.1, -0.05) is 61.7 Å². The number of anilines is 2. The minimum atomic E-state index is 0. The highest BCUT2D eigenvalue weighted by atomic mass is 35.5. The summed E-state index contributed by atoms with van der Waals surface area (Å²) in [5, 5.41) is 20.9. The first-order valence-electron chi connectivity index (χ1n) is 19.2. The Morgan fingerprint density at radius 1 is 0.673 bits per heavy atom. The Labute approximate surface area is 320 Å². The van der Waals surface area contributed by atoms with Crippen molar-refractivity contribution in [2.45, 2.75) is 60.7 Å². The Morgan fingerprint density at radius 2 is 1.10 bits per heavy atom. The molecule has 7 aliphatic heterocycles. The Morgan fingerprint density at radius 3 is 1.50 bits per heavy atom. The molecule has 2 aromatic rings. The van der Waals surface area contributed by atoms with Gasteiger partial charge < -0.3 is 53.8 Å². The van der Waals surface area contributed by atoms with E-state index in [1.54, 1.807) is 11.1 Å². The number of aliphatic hydroxyl groups excluding tert-OH is 2. The molecule has 4 saturated heterocycles. The zero-order valence-electron chi connectivity index (χ0n) is 29.9. The van der Waals surface area contributed by atoms with Crippen molar-refractivity contribution in [3.8, 4) is 0 Å². The van der Waals surface area contributed by atoms with Crippen LogP contribution in [-0.2, 0) is 10.8 Å². The van der Waals surface area contributed by atoms with E-state index in [1.165, 1.54) is 33.6 Å². The molecular formula is C44H50Cl2N4O2. The van der Waals surface area contributed by atoms with Crippen molar-refractivity contribution in [1.82, 2.24) is 0 Å². The van der Waals surface area contributed by atoms with E-state index >= 15 is 0 Å². The fourth-order valence-electron chi connectivity index (χ4n) is 14.6. The maximum absolute atomic E-state index is 10.5. The number of quaternary nitrogens is 2. The molecule has 7 heterocycles. The maximum Gasteiger partial charge on any atom is 0.103 e. The van der Waals surface area contributed by atoms with Crippen molar-refractivity contribution in [1.29, 1.82) is 0 Å². The number of hydrogen-bond acceptors (Lipinski definition) is 4. The zero-order valence-corrected chi connectivity index (χ0v) is 31.4. The first kappa shape index (κ1) is 34.7. The predicted molar refractivity (Wildman–Crippen MR) is 198 cm³/mol. The largest absolute Gasteiger partial charge is 1.00 e. The summed E-state index contributed by atoms with van der Waals surface area (Å²) in [6.45, 7) is 15.0. The van der Waals surface area contributed by atoms with E-state index in [-0.39, 0.29) is 60.9 Å². The number of para-hydroxylation sites is 2. The molecule has 2 aromatic carbocycles. The van der Waals surface area contributed by atoms with Crippen LogP contribution in [0.25, 0.3) is 0 Å². The molecule has 52 heavy (non-hydrogen) atoms. The summed E-state index contributed by atoms with van der Waals surface area (Å²) in [5.74, 6) is 0.615. The molecule has 2 spiro atoms. The van der Waals surface area contributed by atoms with Gasteiger partial charge in [0, 0.05) is 61.3 Å². The second-order valence-electron chi connectivity index (χ2n) is 17.2. The van der Waals surface area contributed by atoms with E-state index in [0.717, 1.165) is 73.9 Å². The normalized spacial score (nSPS) is 41.7. The molecule has 4 bridgehead atoms. The average Bonchev–Trinajstić information content (AvgIpc) is 3.81. The van der Waals surface area contributed by atoms with Crippen LogP contribution in [0, 0.1) is 11.8 Å². The van der Waals surface area contributed by atoms with Gasteiger partial charge in [0.1, 0.15) is 25.2 Å². The standard InChI is InChI=1S/C44H50N4O2.2ClH/c1-3-17-47-19-15-43-35-9-5-7-11-37(35)45-26-34-32-24-40-44(16-20-48(40,18-4-2)28-30(32)14-22-50)36-10-6-8-12-38(36)46(42(34)44)25-33(41(43)45)31(23-39(43)47)29(27-47)13-21-49;;/h3-14,25-26,31-32,39-42,49-50H,1-2,15-24,27-28H2;2*1H/q+2;;/p-2/b29-13+,30-14+,33-25?,34-26?;;/t31-,32-,39-,40-,41?,42?,43+,44+,47-,48-;;/m0../s1. The van der Waals surface area contributed by atoms with Gasteiger partial charge in [-0.15, -0.1) is 0 Å². The summed E-state index contributed by atoms with van der Waals surface area (Å²) in [6.07, 6.45) is 18.6. The highest BCUT2D eigenvalue weighted by Gasteiger charge is 2.75. The van der Waals surface area contributed by atoms with Gasteiger partial charge in [-0.3, -0.25) is 0 Å². The number of benzene rings is 2. The molecule has 9 aliphatic rings. The molecule has 10 atom stereocenters. The van der Waals surface area contributed by atoms with Gasteiger partial charge in [0.25, 0.3) is 0 Å². The fourth-order valence-corrected chi connectivity index (χ4v) is 14.6. The van der Waals surface area contributed by atoms with Crippen LogP contribution >= 0.6 is 0 Å². The lowest BCUT2D eigenvalue weighted by atomic mass is 9.56. The number of rotatable bonds is 6. The van der Waals surface area contributed by atoms with Crippen LogP contribution in [0.1, 0.15) is 36.8 Å². The quantitative estimate of drug-likeness (QED) is 0.310. The third-order valence-corrected chi connectivity index (χ3v) is 15.9. The molecule has 0 amide bonds. The van der Waals surface area contributed by atoms with Crippen molar-refractivity contribution in [2.24, 2.45) is 11.8 Å². The van der Waals surface area contributed by atoms with Gasteiger partial charge >= 0.3 is 0 Å². The molecule has 6 fully saturated rings. The van der Waals surface area contributed by atoms with Gasteiger partial charge in [-0.25, -0.2) is 0 Å². The van der Waals surface area contributed by atoms with Crippen LogP contribution in [0.2, 0.25) is 0 Å². The summed E-state index contributed by atoms with van der Waals surface area (Å²) in [6, 6.07) is 20.3. The van der Waals surface area contributed by atoms with E-state index in [2.05, 4.69) is 108 Å². The van der Waals surface area contributed by atoms with Crippen molar-refractivity contribution in [3.05, 3.63) is 132 Å². The number of hydrogen-bond donors (Lipinski definition) is 2. The second kappa shape index (κ2) is 11.7. The van der Waals surface area contributed by atoms with Crippen LogP contribution in [0.5, 0.6) is 0 Å². The number of piperidine rings is 2. The molecule has 6 nitrogen and oxygen atoms in total. The Balaban J connectivity index is 0.00000180. The molecular weight excluding hydrogens is 687 g/mol. The summed E-state index contributed by atoms with van der Waals surface area (Å²) >= 11 is 0. The van der Waals surface area contributed by atoms with E-state index in [0.29, 0.717) is 23.9 Å². The van der Waals surface area contributed by atoms with Gasteiger partial charge in [-0.05, 0) is 57.7 Å². The van der Waals surface area contributed by atoms with E-state index < -0.39 is 0 Å². The molecule has 2 saturated carbocycles. The SMILES string of the molecule is C=CC[N@@+]12CC[C@]34c5ccccc5N5C=C6C7N(C=C(C53)[C@@H](C[C@@H]41)/C(=C/CO)C2)c1ccccc1[C@@]71CC[N@@+]2(CC=C)C/C(=C\CO)[C@@H]6C[C@@H]12.[Cl-].[Cl-]. The minimum Gasteiger partial charge on any atom is -1.00 e. The molecule has 0 radical (unpaired) electrons. The van der Waals surface area contributed by atoms with E-state index in [4.69, 9.17) is 0 Å². The van der Waals surface area contributed by atoms with Crippen LogP contribution in [0.3, 0.4) is 0 Å². The second-order valence-corrected chi connectivity index (χ2v) is 17.2. The van der Waals surface area contributed by atoms with Crippen molar-refractivity contribution < 1.29 is 44.0 Å². The van der Waals surface area contributed by atoms with Crippen molar-refractivity contribution >= 4 is 11.4 Å². The molecule has 11 rings (SSSR count). The lowest BCUT2D eigenvalue weighted by Gasteiger charge is -2.59. The summed E-state index contributed by atoms with van der Waals surface area (Å²) in [7, 11) is 0. The third-order valence-electron chi connectivity index (χ3n) is 15.9. The summed E-state index contributed by atoms with van der Waals surface area (Å²) in [5.41, 5.74) is 11.8. The summed E-state index contributed by atoms with van der Waals surface area (Å²) < 4.78 is 2.12. The van der Waals surface area contributed by atoms with Crippen LogP contribution in [0.15, 0.2) is 121 Å². The van der Waals surface area contributed by atoms with E-state index in [9.17, 15) is 10.2 Å². The zero-order chi connectivity index (χ0) is 33.6. The Kier molecular flexibility index (Phi) is 7.80.